The standard InChI is InChI=1S/C24H31ClN8O2S/c1-5-7-8-16(6-2)15-32-19-21(30(3)24(35)31(4)22(19)34)26-23(32)36-14-13-33-28-20(27-29-33)17-9-11-18(25)12-10-17/h9-12,16H,5-8,13-15H2,1-4H3/t16-/m0/s1. The Morgan fingerprint density at radius 3 is 2.53 bits per heavy atom. The van der Waals surface area contributed by atoms with Crippen LogP contribution in [0.3, 0.4) is 0 Å². The minimum Gasteiger partial charge on any atom is -0.313 e. The third-order valence-electron chi connectivity index (χ3n) is 6.37. The third kappa shape index (κ3) is 5.41. The van der Waals surface area contributed by atoms with E-state index in [2.05, 4.69) is 29.3 Å². The Hall–Kier alpha value is -2.92. The number of aryl methyl sites for hydroxylation is 2. The van der Waals surface area contributed by atoms with Gasteiger partial charge in [0, 0.05) is 37.0 Å². The fraction of sp³-hybridized carbons (Fsp3) is 0.500. The fourth-order valence-electron chi connectivity index (χ4n) is 4.15. The zero-order chi connectivity index (χ0) is 25.8. The van der Waals surface area contributed by atoms with Crippen molar-refractivity contribution in [3.05, 3.63) is 50.1 Å². The van der Waals surface area contributed by atoms with Crippen molar-refractivity contribution in [3.8, 4) is 11.4 Å². The average Bonchev–Trinajstić information content (AvgIpc) is 3.49. The maximum Gasteiger partial charge on any atom is 0.332 e. The van der Waals surface area contributed by atoms with E-state index in [0.717, 1.165) is 41.0 Å². The number of fused-ring (bicyclic) bond motifs is 1. The average molecular weight is 531 g/mol. The van der Waals surface area contributed by atoms with Gasteiger partial charge in [-0.15, -0.1) is 10.2 Å². The first kappa shape index (κ1) is 26.2. The van der Waals surface area contributed by atoms with Crippen molar-refractivity contribution >= 4 is 34.5 Å². The van der Waals surface area contributed by atoms with Crippen LogP contribution in [0.1, 0.15) is 39.5 Å². The molecule has 4 rings (SSSR count). The Bertz CT molecular complexity index is 1450. The van der Waals surface area contributed by atoms with E-state index in [0.29, 0.717) is 46.8 Å². The van der Waals surface area contributed by atoms with E-state index >= 15 is 0 Å². The molecule has 0 amide bonds. The Kier molecular flexibility index (Phi) is 8.30. The smallest absolute Gasteiger partial charge is 0.313 e. The van der Waals surface area contributed by atoms with Crippen LogP contribution >= 0.6 is 23.4 Å². The molecule has 192 valence electrons. The molecule has 0 bridgehead atoms. The molecular formula is C24H31ClN8O2S. The molecule has 3 aromatic heterocycles. The molecule has 0 N–H and O–H groups in total. The van der Waals surface area contributed by atoms with Crippen LogP contribution in [0.25, 0.3) is 22.6 Å². The third-order valence-corrected chi connectivity index (χ3v) is 7.58. The highest BCUT2D eigenvalue weighted by Gasteiger charge is 2.21. The van der Waals surface area contributed by atoms with Crippen LogP contribution in [0.15, 0.2) is 39.0 Å². The molecule has 10 nitrogen and oxygen atoms in total. The van der Waals surface area contributed by atoms with Gasteiger partial charge in [-0.25, -0.2) is 9.78 Å². The molecule has 0 unspecified atom stereocenters. The van der Waals surface area contributed by atoms with Crippen molar-refractivity contribution in [2.24, 2.45) is 20.0 Å². The molecule has 0 aliphatic heterocycles. The first-order valence-corrected chi connectivity index (χ1v) is 13.5. The van der Waals surface area contributed by atoms with E-state index in [1.807, 2.05) is 16.7 Å². The maximum absolute atomic E-state index is 13.1. The molecule has 1 aromatic carbocycles. The Balaban J connectivity index is 1.59. The van der Waals surface area contributed by atoms with Gasteiger partial charge in [0.05, 0.1) is 6.54 Å². The summed E-state index contributed by atoms with van der Waals surface area (Å²) >= 11 is 7.49. The van der Waals surface area contributed by atoms with Gasteiger partial charge in [-0.3, -0.25) is 13.9 Å². The van der Waals surface area contributed by atoms with Crippen molar-refractivity contribution in [1.82, 2.24) is 38.9 Å². The summed E-state index contributed by atoms with van der Waals surface area (Å²) in [6.45, 7) is 5.56. The normalized spacial score (nSPS) is 12.5. The second-order valence-electron chi connectivity index (χ2n) is 8.86. The molecule has 36 heavy (non-hydrogen) atoms. The highest BCUT2D eigenvalue weighted by atomic mass is 35.5. The minimum absolute atomic E-state index is 0.316. The molecule has 3 heterocycles. The summed E-state index contributed by atoms with van der Waals surface area (Å²) in [5, 5.41) is 14.1. The predicted molar refractivity (Wildman–Crippen MR) is 143 cm³/mol. The lowest BCUT2D eigenvalue weighted by atomic mass is 9.99. The zero-order valence-corrected chi connectivity index (χ0v) is 22.6. The quantitative estimate of drug-likeness (QED) is 0.272. The van der Waals surface area contributed by atoms with Crippen LogP contribution in [-0.2, 0) is 27.2 Å². The van der Waals surface area contributed by atoms with Crippen LogP contribution in [0, 0.1) is 5.92 Å². The van der Waals surface area contributed by atoms with E-state index in [1.54, 1.807) is 24.0 Å². The van der Waals surface area contributed by atoms with Crippen LogP contribution in [0.2, 0.25) is 5.02 Å². The van der Waals surface area contributed by atoms with E-state index in [1.165, 1.54) is 23.4 Å². The Labute approximate surface area is 218 Å². The lowest BCUT2D eigenvalue weighted by Gasteiger charge is -2.17. The van der Waals surface area contributed by atoms with Crippen LogP contribution in [-0.4, -0.2) is 44.6 Å². The highest BCUT2D eigenvalue weighted by molar-refractivity contribution is 7.99. The lowest BCUT2D eigenvalue weighted by Crippen LogP contribution is -2.37. The number of thioether (sulfide) groups is 1. The topological polar surface area (TPSA) is 105 Å². The van der Waals surface area contributed by atoms with Gasteiger partial charge in [-0.1, -0.05) is 56.5 Å². The highest BCUT2D eigenvalue weighted by Crippen LogP contribution is 2.25. The number of benzene rings is 1. The summed E-state index contributed by atoms with van der Waals surface area (Å²) in [5.41, 5.74) is 1.03. The number of tetrazole rings is 1. The largest absolute Gasteiger partial charge is 0.332 e. The summed E-state index contributed by atoms with van der Waals surface area (Å²) in [7, 11) is 3.17. The second-order valence-corrected chi connectivity index (χ2v) is 10.4. The SMILES string of the molecule is CCCC[C@H](CC)Cn1c(SCCn2nnc(-c3ccc(Cl)cc3)n2)nc2c1c(=O)n(C)c(=O)n2C. The van der Waals surface area contributed by atoms with Gasteiger partial charge in [0.25, 0.3) is 5.56 Å². The zero-order valence-electron chi connectivity index (χ0n) is 21.0. The van der Waals surface area contributed by atoms with E-state index in [4.69, 9.17) is 16.6 Å². The number of rotatable bonds is 11. The first-order valence-electron chi connectivity index (χ1n) is 12.2. The number of hydrogen-bond donors (Lipinski definition) is 0. The Morgan fingerprint density at radius 2 is 1.83 bits per heavy atom. The fourth-order valence-corrected chi connectivity index (χ4v) is 5.19. The van der Waals surface area contributed by atoms with E-state index < -0.39 is 0 Å². The summed E-state index contributed by atoms with van der Waals surface area (Å²) in [6, 6.07) is 7.29. The second kappa shape index (κ2) is 11.4. The number of nitrogens with zero attached hydrogens (tertiary/aromatic N) is 8. The number of hydrogen-bond acceptors (Lipinski definition) is 7. The van der Waals surface area contributed by atoms with Crippen molar-refractivity contribution in [3.63, 3.8) is 0 Å². The van der Waals surface area contributed by atoms with Gasteiger partial charge in [-0.2, -0.15) is 4.80 Å². The maximum atomic E-state index is 13.1. The Morgan fingerprint density at radius 1 is 1.08 bits per heavy atom. The first-order chi connectivity index (χ1) is 17.3. The predicted octanol–water partition coefficient (Wildman–Crippen LogP) is 3.75. The van der Waals surface area contributed by atoms with Crippen molar-refractivity contribution in [2.75, 3.05) is 5.75 Å². The number of halogens is 1. The summed E-state index contributed by atoms with van der Waals surface area (Å²) in [5.74, 6) is 1.58. The van der Waals surface area contributed by atoms with Gasteiger partial charge in [0.2, 0.25) is 5.82 Å². The summed E-state index contributed by atoms with van der Waals surface area (Å²) in [4.78, 5) is 31.9. The van der Waals surface area contributed by atoms with Gasteiger partial charge in [-0.05, 0) is 41.8 Å². The molecule has 0 spiro atoms. The molecule has 12 heteroatoms. The number of unbranched alkanes of at least 4 members (excludes halogenated alkanes) is 1. The van der Waals surface area contributed by atoms with E-state index in [-0.39, 0.29) is 11.2 Å². The summed E-state index contributed by atoms with van der Waals surface area (Å²) < 4.78 is 4.60. The van der Waals surface area contributed by atoms with Crippen molar-refractivity contribution in [1.29, 1.82) is 0 Å². The van der Waals surface area contributed by atoms with Gasteiger partial charge in [0.1, 0.15) is 0 Å². The molecular weight excluding hydrogens is 500 g/mol. The summed E-state index contributed by atoms with van der Waals surface area (Å²) in [6.07, 6.45) is 4.35. The number of imidazole rings is 1. The molecule has 0 aliphatic carbocycles. The van der Waals surface area contributed by atoms with Gasteiger partial charge in [0.15, 0.2) is 16.3 Å². The molecule has 0 aliphatic rings. The molecule has 0 saturated carbocycles. The molecule has 0 radical (unpaired) electrons. The lowest BCUT2D eigenvalue weighted by molar-refractivity contribution is 0.382. The monoisotopic (exact) mass is 530 g/mol. The molecule has 0 fully saturated rings. The van der Waals surface area contributed by atoms with E-state index in [9.17, 15) is 9.59 Å². The van der Waals surface area contributed by atoms with Gasteiger partial charge >= 0.3 is 5.69 Å². The van der Waals surface area contributed by atoms with Crippen LogP contribution in [0.5, 0.6) is 0 Å². The molecule has 1 atom stereocenters. The molecule has 0 saturated heterocycles. The van der Waals surface area contributed by atoms with Crippen LogP contribution < -0.4 is 11.2 Å². The number of aromatic nitrogens is 8. The van der Waals surface area contributed by atoms with Crippen molar-refractivity contribution in [2.45, 2.75) is 57.8 Å². The molecule has 4 aromatic rings. The van der Waals surface area contributed by atoms with Gasteiger partial charge < -0.3 is 4.57 Å². The van der Waals surface area contributed by atoms with Crippen molar-refractivity contribution < 1.29 is 0 Å². The van der Waals surface area contributed by atoms with Crippen LogP contribution in [0.4, 0.5) is 0 Å². The minimum atomic E-state index is -0.381.